The molecule has 2 nitrogen and oxygen atoms in total. The molecular weight excluding hydrogens is 274 g/mol. The molecule has 0 aliphatic heterocycles. The van der Waals surface area contributed by atoms with Gasteiger partial charge in [-0.15, -0.1) is 0 Å². The van der Waals surface area contributed by atoms with Crippen LogP contribution in [0.3, 0.4) is 0 Å². The number of nitrogens with zero attached hydrogens (tertiary/aromatic N) is 2. The summed E-state index contributed by atoms with van der Waals surface area (Å²) in [6.07, 6.45) is 1.41. The number of benzene rings is 1. The molecule has 5 heteroatoms. The molecule has 1 aromatic carbocycles. The van der Waals surface area contributed by atoms with E-state index in [4.69, 9.17) is 28.5 Å². The maximum absolute atomic E-state index is 13.1. The predicted octanol–water partition coefficient (Wildman–Crippen LogP) is 4.26. The van der Waals surface area contributed by atoms with Gasteiger partial charge >= 0.3 is 0 Å². The summed E-state index contributed by atoms with van der Waals surface area (Å²) in [7, 11) is 0. The molecule has 2 rings (SSSR count). The summed E-state index contributed by atoms with van der Waals surface area (Å²) < 4.78 is 13.1. The van der Waals surface area contributed by atoms with Crippen molar-refractivity contribution < 1.29 is 4.39 Å². The van der Waals surface area contributed by atoms with Gasteiger partial charge in [-0.1, -0.05) is 29.3 Å². The van der Waals surface area contributed by atoms with Crippen LogP contribution in [-0.4, -0.2) is 4.98 Å². The van der Waals surface area contributed by atoms with Gasteiger partial charge in [0.05, 0.1) is 12.5 Å². The number of nitriles is 1. The van der Waals surface area contributed by atoms with Gasteiger partial charge in [-0.3, -0.25) is 0 Å². The van der Waals surface area contributed by atoms with E-state index in [-0.39, 0.29) is 6.42 Å². The molecular formula is C13H7Cl2FN2. The molecule has 0 unspecified atom stereocenters. The van der Waals surface area contributed by atoms with Crippen molar-refractivity contribution in [2.75, 3.05) is 0 Å². The molecule has 0 radical (unpaired) electrons. The minimum atomic E-state index is -0.632. The van der Waals surface area contributed by atoms with Gasteiger partial charge in [0.2, 0.25) is 5.95 Å². The Morgan fingerprint density at radius 2 is 1.94 bits per heavy atom. The van der Waals surface area contributed by atoms with Crippen LogP contribution in [0.5, 0.6) is 0 Å². The zero-order chi connectivity index (χ0) is 13.1. The molecule has 18 heavy (non-hydrogen) atoms. The lowest BCUT2D eigenvalue weighted by Gasteiger charge is -2.10. The van der Waals surface area contributed by atoms with Crippen molar-refractivity contribution in [1.82, 2.24) is 4.98 Å². The average molecular weight is 281 g/mol. The zero-order valence-corrected chi connectivity index (χ0v) is 10.6. The fourth-order valence-corrected chi connectivity index (χ4v) is 2.28. The molecule has 2 aromatic rings. The van der Waals surface area contributed by atoms with E-state index >= 15 is 0 Å². The number of hydrogen-bond donors (Lipinski definition) is 0. The molecule has 0 N–H and O–H groups in total. The number of halogens is 3. The SMILES string of the molecule is N#CCc1cc(F)ncc1-c1c(Cl)cccc1Cl. The molecule has 1 heterocycles. The van der Waals surface area contributed by atoms with E-state index in [9.17, 15) is 4.39 Å². The summed E-state index contributed by atoms with van der Waals surface area (Å²) in [6, 6.07) is 8.28. The van der Waals surface area contributed by atoms with Crippen LogP contribution in [0.2, 0.25) is 10.0 Å². The second kappa shape index (κ2) is 5.34. The number of pyridine rings is 1. The van der Waals surface area contributed by atoms with Gasteiger partial charge in [-0.2, -0.15) is 9.65 Å². The molecule has 0 saturated heterocycles. The highest BCUT2D eigenvalue weighted by Crippen LogP contribution is 2.36. The Bertz CT molecular complexity index is 615. The molecule has 0 aliphatic carbocycles. The molecule has 0 amide bonds. The van der Waals surface area contributed by atoms with Crippen LogP contribution in [0.1, 0.15) is 5.56 Å². The van der Waals surface area contributed by atoms with Crippen molar-refractivity contribution in [3.05, 3.63) is 52.0 Å². The molecule has 0 atom stereocenters. The van der Waals surface area contributed by atoms with Gasteiger partial charge in [0.1, 0.15) is 0 Å². The van der Waals surface area contributed by atoms with Crippen LogP contribution < -0.4 is 0 Å². The van der Waals surface area contributed by atoms with Crippen LogP contribution >= 0.6 is 23.2 Å². The van der Waals surface area contributed by atoms with Crippen LogP contribution in [-0.2, 0) is 6.42 Å². The third kappa shape index (κ3) is 2.45. The zero-order valence-electron chi connectivity index (χ0n) is 9.12. The lowest BCUT2D eigenvalue weighted by atomic mass is 10.0. The average Bonchev–Trinajstić information content (AvgIpc) is 2.32. The Morgan fingerprint density at radius 3 is 2.56 bits per heavy atom. The van der Waals surface area contributed by atoms with Crippen molar-refractivity contribution in [2.24, 2.45) is 0 Å². The third-order valence-corrected chi connectivity index (χ3v) is 3.09. The number of aromatic nitrogens is 1. The lowest BCUT2D eigenvalue weighted by Crippen LogP contribution is -1.94. The van der Waals surface area contributed by atoms with E-state index in [2.05, 4.69) is 4.98 Å². The Labute approximate surface area is 114 Å². The summed E-state index contributed by atoms with van der Waals surface area (Å²) in [5.41, 5.74) is 1.66. The molecule has 0 bridgehead atoms. The number of hydrogen-bond acceptors (Lipinski definition) is 2. The predicted molar refractivity (Wildman–Crippen MR) is 69.0 cm³/mol. The quantitative estimate of drug-likeness (QED) is 0.771. The first kappa shape index (κ1) is 12.8. The molecule has 0 aliphatic rings. The Hall–Kier alpha value is -1.63. The Kier molecular flexibility index (Phi) is 3.81. The molecule has 0 fully saturated rings. The lowest BCUT2D eigenvalue weighted by molar-refractivity contribution is 0.582. The fraction of sp³-hybridized carbons (Fsp3) is 0.0769. The van der Waals surface area contributed by atoms with Crippen molar-refractivity contribution >= 4 is 23.2 Å². The molecule has 1 aromatic heterocycles. The fourth-order valence-electron chi connectivity index (χ4n) is 1.68. The van der Waals surface area contributed by atoms with E-state index in [1.165, 1.54) is 12.3 Å². The standard InChI is InChI=1S/C13H7Cl2FN2/c14-10-2-1-3-11(15)13(10)9-7-18-12(16)6-8(9)4-5-17/h1-3,6-7H,4H2. The van der Waals surface area contributed by atoms with Gasteiger partial charge in [0.25, 0.3) is 0 Å². The van der Waals surface area contributed by atoms with E-state index in [1.54, 1.807) is 18.2 Å². The summed E-state index contributed by atoms with van der Waals surface area (Å²) in [6.45, 7) is 0. The van der Waals surface area contributed by atoms with Crippen LogP contribution in [0.25, 0.3) is 11.1 Å². The minimum absolute atomic E-state index is 0.0658. The topological polar surface area (TPSA) is 36.7 Å². The largest absolute Gasteiger partial charge is 0.228 e. The number of rotatable bonds is 2. The van der Waals surface area contributed by atoms with Crippen LogP contribution in [0.4, 0.5) is 4.39 Å². The minimum Gasteiger partial charge on any atom is -0.228 e. The summed E-state index contributed by atoms with van der Waals surface area (Å²) >= 11 is 12.2. The second-order valence-corrected chi connectivity index (χ2v) is 4.41. The van der Waals surface area contributed by atoms with Crippen LogP contribution in [0, 0.1) is 17.3 Å². The maximum atomic E-state index is 13.1. The molecule has 0 spiro atoms. The van der Waals surface area contributed by atoms with Gasteiger partial charge in [-0.25, -0.2) is 4.98 Å². The molecule has 90 valence electrons. The van der Waals surface area contributed by atoms with Gasteiger partial charge < -0.3 is 0 Å². The van der Waals surface area contributed by atoms with Crippen molar-refractivity contribution in [3.8, 4) is 17.2 Å². The van der Waals surface area contributed by atoms with Crippen molar-refractivity contribution in [1.29, 1.82) is 5.26 Å². The van der Waals surface area contributed by atoms with Gasteiger partial charge in [-0.05, 0) is 23.8 Å². The summed E-state index contributed by atoms with van der Waals surface area (Å²) in [5.74, 6) is -0.632. The Morgan fingerprint density at radius 1 is 1.28 bits per heavy atom. The highest BCUT2D eigenvalue weighted by molar-refractivity contribution is 6.39. The highest BCUT2D eigenvalue weighted by atomic mass is 35.5. The first-order chi connectivity index (χ1) is 8.63. The van der Waals surface area contributed by atoms with Gasteiger partial charge in [0, 0.05) is 27.4 Å². The second-order valence-electron chi connectivity index (χ2n) is 3.60. The van der Waals surface area contributed by atoms with Crippen molar-refractivity contribution in [2.45, 2.75) is 6.42 Å². The smallest absolute Gasteiger partial charge is 0.213 e. The Balaban J connectivity index is 2.68. The molecule has 0 saturated carbocycles. The summed E-state index contributed by atoms with van der Waals surface area (Å²) in [4.78, 5) is 3.59. The monoisotopic (exact) mass is 280 g/mol. The first-order valence-corrected chi connectivity index (χ1v) is 5.85. The van der Waals surface area contributed by atoms with Crippen LogP contribution in [0.15, 0.2) is 30.5 Å². The summed E-state index contributed by atoms with van der Waals surface area (Å²) in [5, 5.41) is 9.64. The first-order valence-electron chi connectivity index (χ1n) is 5.09. The van der Waals surface area contributed by atoms with Crippen molar-refractivity contribution in [3.63, 3.8) is 0 Å². The normalized spacial score (nSPS) is 10.1. The van der Waals surface area contributed by atoms with E-state index < -0.39 is 5.95 Å². The maximum Gasteiger partial charge on any atom is 0.213 e. The third-order valence-electron chi connectivity index (χ3n) is 2.46. The van der Waals surface area contributed by atoms with E-state index in [0.29, 0.717) is 26.7 Å². The van der Waals surface area contributed by atoms with Gasteiger partial charge in [0.15, 0.2) is 0 Å². The van der Waals surface area contributed by atoms with E-state index in [1.807, 2.05) is 6.07 Å². The van der Waals surface area contributed by atoms with E-state index in [0.717, 1.165) is 0 Å². The highest BCUT2D eigenvalue weighted by Gasteiger charge is 2.13.